The molecule has 6 nitrogen and oxygen atoms in total. The summed E-state index contributed by atoms with van der Waals surface area (Å²) < 4.78 is 73.2. The Hall–Kier alpha value is -3.05. The molecule has 0 aromatic heterocycles. The van der Waals surface area contributed by atoms with Crippen LogP contribution in [-0.2, 0) is 22.3 Å². The molecule has 3 aliphatic rings. The molecule has 2 N–H and O–H groups in total. The summed E-state index contributed by atoms with van der Waals surface area (Å²) in [5.74, 6) is -3.05. The van der Waals surface area contributed by atoms with Crippen molar-refractivity contribution in [2.24, 2.45) is 5.92 Å². The number of rotatable bonds is 7. The normalized spacial score (nSPS) is 24.6. The molecule has 2 heterocycles. The number of carbonyl (C=O) groups is 2. The molecule has 216 valence electrons. The molecule has 1 amide bonds. The summed E-state index contributed by atoms with van der Waals surface area (Å²) in [6.45, 7) is 1.54. The number of nitrogens with zero attached hydrogens (tertiary/aromatic N) is 1. The monoisotopic (exact) mass is 566 g/mol. The Morgan fingerprint density at radius 1 is 0.975 bits per heavy atom. The molecule has 2 aromatic carbocycles. The molecule has 0 radical (unpaired) electrons. The van der Waals surface area contributed by atoms with E-state index in [9.17, 15) is 36.6 Å². The van der Waals surface area contributed by atoms with E-state index in [0.717, 1.165) is 57.0 Å². The molecule has 2 saturated heterocycles. The van der Waals surface area contributed by atoms with Crippen LogP contribution in [0, 0.1) is 17.6 Å². The van der Waals surface area contributed by atoms with Gasteiger partial charge in [-0.05, 0) is 111 Å². The van der Waals surface area contributed by atoms with Crippen molar-refractivity contribution < 1.29 is 41.4 Å². The lowest BCUT2D eigenvalue weighted by Crippen LogP contribution is -2.57. The fourth-order valence-electron chi connectivity index (χ4n) is 6.12. The van der Waals surface area contributed by atoms with Crippen molar-refractivity contribution in [3.8, 4) is 0 Å². The van der Waals surface area contributed by atoms with E-state index in [4.69, 9.17) is 4.74 Å². The van der Waals surface area contributed by atoms with E-state index in [2.05, 4.69) is 10.2 Å². The average molecular weight is 567 g/mol. The topological polar surface area (TPSA) is 78.9 Å². The SMILES string of the molecule is O=C(O)c1cc(F)cc(C2CCN([C@@H]3CCC(C(=O)NCc4cc(F)cc(C(F)(F)F)c4)(C4CC4)OC3)CC2)c1. The van der Waals surface area contributed by atoms with E-state index >= 15 is 0 Å². The van der Waals surface area contributed by atoms with Crippen LogP contribution in [0.4, 0.5) is 22.0 Å². The fraction of sp³-hybridized carbons (Fsp3) is 0.517. The molecule has 1 unspecified atom stereocenters. The van der Waals surface area contributed by atoms with Gasteiger partial charge in [-0.15, -0.1) is 0 Å². The number of hydrogen-bond donors (Lipinski definition) is 2. The number of carboxylic acids is 1. The molecule has 40 heavy (non-hydrogen) atoms. The van der Waals surface area contributed by atoms with Gasteiger partial charge >= 0.3 is 12.1 Å². The molecule has 0 spiro atoms. The third kappa shape index (κ3) is 6.15. The van der Waals surface area contributed by atoms with E-state index in [1.165, 1.54) is 12.1 Å². The molecule has 1 saturated carbocycles. The average Bonchev–Trinajstić information content (AvgIpc) is 3.77. The fourth-order valence-corrected chi connectivity index (χ4v) is 6.12. The smallest absolute Gasteiger partial charge is 0.416 e. The predicted molar refractivity (Wildman–Crippen MR) is 135 cm³/mol. The minimum atomic E-state index is -4.69. The number of alkyl halides is 3. The number of carboxylic acid groups (broad SMARTS) is 1. The second kappa shape index (κ2) is 11.1. The van der Waals surface area contributed by atoms with Crippen LogP contribution in [-0.4, -0.2) is 53.2 Å². The first-order valence-electron chi connectivity index (χ1n) is 13.5. The van der Waals surface area contributed by atoms with Gasteiger partial charge in [0.05, 0.1) is 17.7 Å². The van der Waals surface area contributed by atoms with E-state index in [1.54, 1.807) is 0 Å². The van der Waals surface area contributed by atoms with Crippen LogP contribution in [0.2, 0.25) is 0 Å². The standard InChI is InChI=1S/C29H31F5N2O4/c30-23-10-17(9-22(14-23)29(32,33)34)15-35-27(39)28(21-1-2-21)6-3-25(16-40-28)36-7-4-18(5-8-36)19-11-20(26(37)38)13-24(31)12-19/h9-14,18,21,25H,1-8,15-16H2,(H,35,39)(H,37,38)/t25-,28?/m1/s1. The summed E-state index contributed by atoms with van der Waals surface area (Å²) in [5.41, 5.74) is -1.51. The van der Waals surface area contributed by atoms with Crippen molar-refractivity contribution in [1.29, 1.82) is 0 Å². The summed E-state index contributed by atoms with van der Waals surface area (Å²) in [6, 6.07) is 6.27. The van der Waals surface area contributed by atoms with Gasteiger partial charge < -0.3 is 15.2 Å². The van der Waals surface area contributed by atoms with Crippen molar-refractivity contribution in [2.75, 3.05) is 19.7 Å². The number of amides is 1. The zero-order valence-corrected chi connectivity index (χ0v) is 21.8. The Labute approximate surface area is 228 Å². The van der Waals surface area contributed by atoms with Crippen LogP contribution in [0.1, 0.15) is 71.5 Å². The Balaban J connectivity index is 1.17. The van der Waals surface area contributed by atoms with Crippen molar-refractivity contribution in [2.45, 2.75) is 68.8 Å². The van der Waals surface area contributed by atoms with Crippen LogP contribution in [0.5, 0.6) is 0 Å². The minimum absolute atomic E-state index is 0.0250. The molecule has 5 rings (SSSR count). The summed E-state index contributed by atoms with van der Waals surface area (Å²) in [5, 5.41) is 11.9. The van der Waals surface area contributed by atoms with Crippen LogP contribution in [0.25, 0.3) is 0 Å². The molecule has 1 aliphatic carbocycles. The third-order valence-corrected chi connectivity index (χ3v) is 8.43. The van der Waals surface area contributed by atoms with Gasteiger partial charge in [0.15, 0.2) is 0 Å². The van der Waals surface area contributed by atoms with Gasteiger partial charge in [-0.25, -0.2) is 13.6 Å². The highest BCUT2D eigenvalue weighted by molar-refractivity contribution is 5.88. The summed E-state index contributed by atoms with van der Waals surface area (Å²) in [4.78, 5) is 26.9. The van der Waals surface area contributed by atoms with Gasteiger partial charge in [-0.1, -0.05) is 0 Å². The molecule has 11 heteroatoms. The number of nitrogens with one attached hydrogen (secondary N) is 1. The minimum Gasteiger partial charge on any atom is -0.478 e. The Morgan fingerprint density at radius 3 is 2.27 bits per heavy atom. The highest BCUT2D eigenvalue weighted by Gasteiger charge is 2.54. The van der Waals surface area contributed by atoms with E-state index in [-0.39, 0.29) is 41.5 Å². The lowest BCUT2D eigenvalue weighted by atomic mass is 9.84. The number of hydrogen-bond acceptors (Lipinski definition) is 4. The van der Waals surface area contributed by atoms with Crippen LogP contribution < -0.4 is 5.32 Å². The van der Waals surface area contributed by atoms with Crippen molar-refractivity contribution in [3.63, 3.8) is 0 Å². The lowest BCUT2D eigenvalue weighted by Gasteiger charge is -2.45. The highest BCUT2D eigenvalue weighted by Crippen LogP contribution is 2.47. The number of benzene rings is 2. The van der Waals surface area contributed by atoms with Crippen molar-refractivity contribution in [3.05, 3.63) is 70.3 Å². The molecule has 2 aliphatic heterocycles. The number of carbonyl (C=O) groups excluding carboxylic acids is 1. The summed E-state index contributed by atoms with van der Waals surface area (Å²) in [7, 11) is 0. The van der Waals surface area contributed by atoms with Crippen molar-refractivity contribution in [1.82, 2.24) is 10.2 Å². The van der Waals surface area contributed by atoms with Crippen LogP contribution >= 0.6 is 0 Å². The molecule has 0 bridgehead atoms. The second-order valence-electron chi connectivity index (χ2n) is 11.1. The predicted octanol–water partition coefficient (Wildman–Crippen LogP) is 5.51. The highest BCUT2D eigenvalue weighted by atomic mass is 19.4. The number of ether oxygens (including phenoxy) is 1. The number of piperidine rings is 1. The molecular weight excluding hydrogens is 535 g/mol. The Bertz CT molecular complexity index is 1260. The first-order chi connectivity index (χ1) is 18.9. The maximum Gasteiger partial charge on any atom is 0.416 e. The molecule has 3 fully saturated rings. The maximum absolute atomic E-state index is 14.0. The van der Waals surface area contributed by atoms with E-state index in [1.807, 2.05) is 0 Å². The van der Waals surface area contributed by atoms with E-state index in [0.29, 0.717) is 31.1 Å². The first-order valence-corrected chi connectivity index (χ1v) is 13.5. The summed E-state index contributed by atoms with van der Waals surface area (Å²) >= 11 is 0. The van der Waals surface area contributed by atoms with E-state index < -0.39 is 34.9 Å². The zero-order chi connectivity index (χ0) is 28.7. The second-order valence-corrected chi connectivity index (χ2v) is 11.1. The van der Waals surface area contributed by atoms with Gasteiger partial charge in [0.1, 0.15) is 17.2 Å². The Kier molecular flexibility index (Phi) is 7.89. The number of halogens is 5. The van der Waals surface area contributed by atoms with Gasteiger partial charge in [-0.2, -0.15) is 13.2 Å². The molecule has 2 aromatic rings. The maximum atomic E-state index is 14.0. The van der Waals surface area contributed by atoms with Crippen LogP contribution in [0.3, 0.4) is 0 Å². The molecular formula is C29H31F5N2O4. The quantitative estimate of drug-likeness (QED) is 0.433. The molecule has 2 atom stereocenters. The zero-order valence-electron chi connectivity index (χ0n) is 21.8. The van der Waals surface area contributed by atoms with Crippen LogP contribution in [0.15, 0.2) is 36.4 Å². The lowest BCUT2D eigenvalue weighted by molar-refractivity contribution is -0.165. The largest absolute Gasteiger partial charge is 0.478 e. The first kappa shape index (κ1) is 28.5. The Morgan fingerprint density at radius 2 is 1.68 bits per heavy atom. The van der Waals surface area contributed by atoms with Gasteiger partial charge in [-0.3, -0.25) is 9.69 Å². The van der Waals surface area contributed by atoms with Gasteiger partial charge in [0.25, 0.3) is 5.91 Å². The van der Waals surface area contributed by atoms with Crippen molar-refractivity contribution >= 4 is 11.9 Å². The summed E-state index contributed by atoms with van der Waals surface area (Å²) in [6.07, 6.45) is -0.388. The van der Waals surface area contributed by atoms with Gasteiger partial charge in [0.2, 0.25) is 0 Å². The van der Waals surface area contributed by atoms with Gasteiger partial charge in [0, 0.05) is 12.6 Å². The number of aromatic carboxylic acids is 1. The third-order valence-electron chi connectivity index (χ3n) is 8.43. The number of likely N-dealkylation sites (tertiary alicyclic amines) is 1.